The van der Waals surface area contributed by atoms with Gasteiger partial charge in [0, 0.05) is 31.0 Å². The monoisotopic (exact) mass is 344 g/mol. The van der Waals surface area contributed by atoms with Crippen molar-refractivity contribution in [2.24, 2.45) is 5.92 Å². The molecule has 3 rings (SSSR count). The fourth-order valence-corrected chi connectivity index (χ4v) is 3.57. The van der Waals surface area contributed by atoms with E-state index in [9.17, 15) is 9.59 Å². The van der Waals surface area contributed by atoms with Crippen LogP contribution in [0.3, 0.4) is 0 Å². The molecule has 2 amide bonds. The molecule has 1 aliphatic rings. The highest BCUT2D eigenvalue weighted by molar-refractivity contribution is 7.15. The van der Waals surface area contributed by atoms with Gasteiger partial charge in [-0.25, -0.2) is 0 Å². The highest BCUT2D eigenvalue weighted by atomic mass is 32.1. The third-order valence-corrected chi connectivity index (χ3v) is 4.82. The predicted octanol–water partition coefficient (Wildman–Crippen LogP) is 3.04. The van der Waals surface area contributed by atoms with Crippen molar-refractivity contribution in [3.05, 3.63) is 35.3 Å². The average molecular weight is 344 g/mol. The standard InChI is InChI=1S/C17H20N4O2S/c1-11(2)8-14(22)18-17-20-19-16(24-17)12-9-15(23)21(10-12)13-6-4-3-5-7-13/h3-7,11-12H,8-10H2,1-2H3,(H,18,20,22). The van der Waals surface area contributed by atoms with Crippen LogP contribution in [0.4, 0.5) is 10.8 Å². The molecule has 6 nitrogen and oxygen atoms in total. The third-order valence-electron chi connectivity index (χ3n) is 3.82. The molecule has 0 spiro atoms. The van der Waals surface area contributed by atoms with Gasteiger partial charge in [0.1, 0.15) is 5.01 Å². The van der Waals surface area contributed by atoms with Gasteiger partial charge in [-0.15, -0.1) is 10.2 Å². The summed E-state index contributed by atoms with van der Waals surface area (Å²) in [6.07, 6.45) is 0.877. The Morgan fingerprint density at radius 1 is 1.33 bits per heavy atom. The van der Waals surface area contributed by atoms with Gasteiger partial charge in [0.2, 0.25) is 16.9 Å². The van der Waals surface area contributed by atoms with Crippen molar-refractivity contribution in [3.63, 3.8) is 0 Å². The first-order valence-electron chi connectivity index (χ1n) is 8.01. The summed E-state index contributed by atoms with van der Waals surface area (Å²) in [7, 11) is 0. The first kappa shape index (κ1) is 16.6. The zero-order chi connectivity index (χ0) is 17.1. The van der Waals surface area contributed by atoms with Gasteiger partial charge in [0.25, 0.3) is 0 Å². The van der Waals surface area contributed by atoms with Crippen LogP contribution in [-0.4, -0.2) is 28.6 Å². The van der Waals surface area contributed by atoms with Crippen LogP contribution in [0.5, 0.6) is 0 Å². The quantitative estimate of drug-likeness (QED) is 0.904. The summed E-state index contributed by atoms with van der Waals surface area (Å²) in [6.45, 7) is 4.58. The highest BCUT2D eigenvalue weighted by Gasteiger charge is 2.33. The number of anilines is 2. The van der Waals surface area contributed by atoms with E-state index in [0.717, 1.165) is 10.7 Å². The predicted molar refractivity (Wildman–Crippen MR) is 94.1 cm³/mol. The summed E-state index contributed by atoms with van der Waals surface area (Å²) >= 11 is 1.35. The van der Waals surface area contributed by atoms with Gasteiger partial charge in [-0.2, -0.15) is 0 Å². The van der Waals surface area contributed by atoms with Gasteiger partial charge in [0.05, 0.1) is 0 Å². The second-order valence-corrected chi connectivity index (χ2v) is 7.34. The third kappa shape index (κ3) is 3.79. The maximum absolute atomic E-state index is 12.3. The molecule has 0 radical (unpaired) electrons. The lowest BCUT2D eigenvalue weighted by molar-refractivity contribution is -0.117. The number of amides is 2. The molecule has 24 heavy (non-hydrogen) atoms. The molecule has 1 atom stereocenters. The van der Waals surface area contributed by atoms with E-state index in [-0.39, 0.29) is 17.7 Å². The van der Waals surface area contributed by atoms with E-state index in [2.05, 4.69) is 15.5 Å². The van der Waals surface area contributed by atoms with E-state index in [4.69, 9.17) is 0 Å². The Hall–Kier alpha value is -2.28. The van der Waals surface area contributed by atoms with Crippen LogP contribution >= 0.6 is 11.3 Å². The Balaban J connectivity index is 1.66. The number of benzene rings is 1. The number of nitrogens with one attached hydrogen (secondary N) is 1. The number of para-hydroxylation sites is 1. The maximum Gasteiger partial charge on any atom is 0.227 e. The van der Waals surface area contributed by atoms with Crippen LogP contribution < -0.4 is 10.2 Å². The van der Waals surface area contributed by atoms with Crippen LogP contribution in [0.25, 0.3) is 0 Å². The SMILES string of the molecule is CC(C)CC(=O)Nc1nnc(C2CC(=O)N(c3ccccc3)C2)s1. The number of nitrogens with zero attached hydrogens (tertiary/aromatic N) is 3. The molecule has 0 aliphatic carbocycles. The Morgan fingerprint density at radius 2 is 2.08 bits per heavy atom. The van der Waals surface area contributed by atoms with Gasteiger partial charge in [-0.05, 0) is 18.1 Å². The van der Waals surface area contributed by atoms with Gasteiger partial charge in [-0.1, -0.05) is 43.4 Å². The molecular weight excluding hydrogens is 324 g/mol. The minimum absolute atomic E-state index is 0.0194. The molecule has 0 bridgehead atoms. The molecule has 1 aromatic heterocycles. The molecule has 1 N–H and O–H groups in total. The minimum Gasteiger partial charge on any atom is -0.312 e. The molecular formula is C17H20N4O2S. The molecule has 2 aromatic rings. The number of rotatable bonds is 5. The zero-order valence-electron chi connectivity index (χ0n) is 13.7. The molecule has 1 aromatic carbocycles. The van der Waals surface area contributed by atoms with Gasteiger partial charge < -0.3 is 10.2 Å². The lowest BCUT2D eigenvalue weighted by Crippen LogP contribution is -2.24. The lowest BCUT2D eigenvalue weighted by atomic mass is 10.1. The van der Waals surface area contributed by atoms with Crippen LogP contribution in [0.2, 0.25) is 0 Å². The fourth-order valence-electron chi connectivity index (χ4n) is 2.72. The van der Waals surface area contributed by atoms with Crippen molar-refractivity contribution in [3.8, 4) is 0 Å². The second-order valence-electron chi connectivity index (χ2n) is 6.33. The van der Waals surface area contributed by atoms with E-state index < -0.39 is 0 Å². The minimum atomic E-state index is -0.0545. The Kier molecular flexibility index (Phi) is 4.89. The average Bonchev–Trinajstić information content (AvgIpc) is 3.14. The van der Waals surface area contributed by atoms with E-state index >= 15 is 0 Å². The van der Waals surface area contributed by atoms with Gasteiger partial charge in [0.15, 0.2) is 0 Å². The zero-order valence-corrected chi connectivity index (χ0v) is 14.5. The molecule has 7 heteroatoms. The Morgan fingerprint density at radius 3 is 2.79 bits per heavy atom. The number of hydrogen-bond donors (Lipinski definition) is 1. The number of carbonyl (C=O) groups is 2. The number of carbonyl (C=O) groups excluding carboxylic acids is 2. The summed E-state index contributed by atoms with van der Waals surface area (Å²) in [5.41, 5.74) is 0.903. The molecule has 2 heterocycles. The van der Waals surface area contributed by atoms with Crippen molar-refractivity contribution in [1.82, 2.24) is 10.2 Å². The summed E-state index contributed by atoms with van der Waals surface area (Å²) in [6, 6.07) is 9.63. The molecule has 1 unspecified atom stereocenters. The van der Waals surface area contributed by atoms with Crippen LogP contribution in [0.15, 0.2) is 30.3 Å². The van der Waals surface area contributed by atoms with Crippen molar-refractivity contribution in [1.29, 1.82) is 0 Å². The van der Waals surface area contributed by atoms with Crippen molar-refractivity contribution in [2.75, 3.05) is 16.8 Å². The van der Waals surface area contributed by atoms with Crippen LogP contribution in [0.1, 0.15) is 37.6 Å². The lowest BCUT2D eigenvalue weighted by Gasteiger charge is -2.15. The molecule has 0 saturated carbocycles. The second kappa shape index (κ2) is 7.09. The smallest absolute Gasteiger partial charge is 0.227 e. The normalized spacial score (nSPS) is 17.5. The molecule has 1 saturated heterocycles. The topological polar surface area (TPSA) is 75.2 Å². The molecule has 1 aliphatic heterocycles. The van der Waals surface area contributed by atoms with Crippen molar-refractivity contribution >= 4 is 34.0 Å². The highest BCUT2D eigenvalue weighted by Crippen LogP contribution is 2.34. The molecule has 126 valence electrons. The van der Waals surface area contributed by atoms with E-state index in [0.29, 0.717) is 30.4 Å². The fraction of sp³-hybridized carbons (Fsp3) is 0.412. The summed E-state index contributed by atoms with van der Waals surface area (Å²) in [5, 5.41) is 12.3. The van der Waals surface area contributed by atoms with E-state index in [1.165, 1.54) is 11.3 Å². The number of hydrogen-bond acceptors (Lipinski definition) is 5. The largest absolute Gasteiger partial charge is 0.312 e. The van der Waals surface area contributed by atoms with E-state index in [1.807, 2.05) is 44.2 Å². The van der Waals surface area contributed by atoms with Gasteiger partial charge in [-0.3, -0.25) is 9.59 Å². The van der Waals surface area contributed by atoms with Gasteiger partial charge >= 0.3 is 0 Å². The van der Waals surface area contributed by atoms with Crippen molar-refractivity contribution in [2.45, 2.75) is 32.6 Å². The summed E-state index contributed by atoms with van der Waals surface area (Å²) < 4.78 is 0. The Bertz CT molecular complexity index is 729. The first-order valence-corrected chi connectivity index (χ1v) is 8.83. The van der Waals surface area contributed by atoms with Crippen molar-refractivity contribution < 1.29 is 9.59 Å². The molecule has 1 fully saturated rings. The maximum atomic E-state index is 12.3. The summed E-state index contributed by atoms with van der Waals surface area (Å²) in [5.74, 6) is 0.350. The Labute approximate surface area is 144 Å². The summed E-state index contributed by atoms with van der Waals surface area (Å²) in [4.78, 5) is 25.9. The van der Waals surface area contributed by atoms with E-state index in [1.54, 1.807) is 4.90 Å². The van der Waals surface area contributed by atoms with Crippen LogP contribution in [-0.2, 0) is 9.59 Å². The van der Waals surface area contributed by atoms with Crippen LogP contribution in [0, 0.1) is 5.92 Å². The first-order chi connectivity index (χ1) is 11.5. The number of aromatic nitrogens is 2.